The van der Waals surface area contributed by atoms with Gasteiger partial charge in [0.1, 0.15) is 11.2 Å². The minimum atomic E-state index is 0.872. The minimum absolute atomic E-state index is 0.872. The highest BCUT2D eigenvalue weighted by Crippen LogP contribution is 2.41. The van der Waals surface area contributed by atoms with Crippen LogP contribution in [-0.4, -0.2) is 4.57 Å². The predicted octanol–water partition coefficient (Wildman–Crippen LogP) is 13.0. The minimum Gasteiger partial charge on any atom is -0.456 e. The fourth-order valence-corrected chi connectivity index (χ4v) is 7.51. The number of nitrogens with zero attached hydrogens (tertiary/aromatic N) is 2. The van der Waals surface area contributed by atoms with Crippen molar-refractivity contribution in [3.8, 4) is 16.8 Å². The zero-order valence-electron chi connectivity index (χ0n) is 26.6. The fraction of sp³-hybridized carbons (Fsp3) is 0. The molecule has 0 N–H and O–H groups in total. The van der Waals surface area contributed by atoms with Crippen molar-refractivity contribution in [2.75, 3.05) is 4.90 Å². The molecule has 0 spiro atoms. The van der Waals surface area contributed by atoms with Gasteiger partial charge < -0.3 is 13.9 Å². The molecule has 2 aromatic heterocycles. The molecule has 3 heteroatoms. The van der Waals surface area contributed by atoms with Crippen molar-refractivity contribution >= 4 is 71.6 Å². The molecule has 0 aliphatic rings. The zero-order valence-corrected chi connectivity index (χ0v) is 26.6. The van der Waals surface area contributed by atoms with E-state index in [0.29, 0.717) is 0 Å². The normalized spacial score (nSPS) is 11.7. The summed E-state index contributed by atoms with van der Waals surface area (Å²) in [5, 5.41) is 7.25. The summed E-state index contributed by atoms with van der Waals surface area (Å²) in [6, 6.07) is 65.0. The van der Waals surface area contributed by atoms with Crippen LogP contribution in [0.1, 0.15) is 0 Å². The van der Waals surface area contributed by atoms with Crippen molar-refractivity contribution in [1.82, 2.24) is 4.57 Å². The van der Waals surface area contributed by atoms with Crippen LogP contribution in [-0.2, 0) is 0 Å². The van der Waals surface area contributed by atoms with Crippen LogP contribution in [0.25, 0.3) is 71.3 Å². The highest BCUT2D eigenvalue weighted by molar-refractivity contribution is 6.18. The maximum Gasteiger partial charge on any atom is 0.137 e. The molecule has 0 aliphatic carbocycles. The molecule has 0 radical (unpaired) electrons. The van der Waals surface area contributed by atoms with Crippen LogP contribution in [0.5, 0.6) is 0 Å². The Morgan fingerprint density at radius 3 is 1.92 bits per heavy atom. The number of anilines is 3. The lowest BCUT2D eigenvalue weighted by molar-refractivity contribution is 0.669. The van der Waals surface area contributed by atoms with E-state index in [-0.39, 0.29) is 0 Å². The van der Waals surface area contributed by atoms with Crippen molar-refractivity contribution in [2.45, 2.75) is 0 Å². The third kappa shape index (κ3) is 4.44. The molecule has 10 rings (SSSR count). The molecule has 230 valence electrons. The Bertz CT molecular complexity index is 2830. The van der Waals surface area contributed by atoms with Gasteiger partial charge in [-0.1, -0.05) is 115 Å². The first kappa shape index (κ1) is 27.5. The molecular formula is C46H30N2O. The first-order valence-electron chi connectivity index (χ1n) is 16.7. The second kappa shape index (κ2) is 11.0. The van der Waals surface area contributed by atoms with E-state index in [1.807, 2.05) is 12.1 Å². The van der Waals surface area contributed by atoms with Gasteiger partial charge in [0, 0.05) is 55.7 Å². The molecule has 10 aromatic rings. The molecule has 0 saturated carbocycles. The van der Waals surface area contributed by atoms with Gasteiger partial charge in [-0.25, -0.2) is 0 Å². The molecule has 3 nitrogen and oxygen atoms in total. The first-order chi connectivity index (χ1) is 24.3. The molecule has 49 heavy (non-hydrogen) atoms. The Morgan fingerprint density at radius 1 is 0.388 bits per heavy atom. The average Bonchev–Trinajstić information content (AvgIpc) is 3.71. The fourth-order valence-electron chi connectivity index (χ4n) is 7.51. The molecule has 0 atom stereocenters. The molecule has 0 unspecified atom stereocenters. The Hall–Kier alpha value is -6.58. The summed E-state index contributed by atoms with van der Waals surface area (Å²) in [7, 11) is 0. The molecule has 0 bridgehead atoms. The van der Waals surface area contributed by atoms with Crippen LogP contribution in [0.4, 0.5) is 17.1 Å². The molecule has 0 amide bonds. The van der Waals surface area contributed by atoms with Crippen LogP contribution < -0.4 is 4.90 Å². The molecule has 2 heterocycles. The molecule has 0 saturated heterocycles. The summed E-state index contributed by atoms with van der Waals surface area (Å²) in [5.74, 6) is 0. The third-order valence-corrected chi connectivity index (χ3v) is 9.76. The monoisotopic (exact) mass is 626 g/mol. The van der Waals surface area contributed by atoms with Gasteiger partial charge in [0.15, 0.2) is 0 Å². The summed E-state index contributed by atoms with van der Waals surface area (Å²) in [5.41, 5.74) is 10.9. The first-order valence-corrected chi connectivity index (χ1v) is 16.7. The summed E-state index contributed by atoms with van der Waals surface area (Å²) in [4.78, 5) is 2.32. The number of rotatable bonds is 5. The van der Waals surface area contributed by atoms with Crippen molar-refractivity contribution in [3.05, 3.63) is 182 Å². The van der Waals surface area contributed by atoms with E-state index in [9.17, 15) is 0 Å². The Morgan fingerprint density at radius 2 is 1.04 bits per heavy atom. The number of benzene rings is 8. The van der Waals surface area contributed by atoms with E-state index in [1.165, 1.54) is 43.7 Å². The van der Waals surface area contributed by atoms with Crippen molar-refractivity contribution in [3.63, 3.8) is 0 Å². The van der Waals surface area contributed by atoms with Gasteiger partial charge in [0.05, 0.1) is 11.0 Å². The summed E-state index contributed by atoms with van der Waals surface area (Å²) in [6.07, 6.45) is 0. The Labute approximate surface area is 283 Å². The zero-order chi connectivity index (χ0) is 32.3. The van der Waals surface area contributed by atoms with Crippen molar-refractivity contribution in [2.24, 2.45) is 0 Å². The average molecular weight is 627 g/mol. The molecule has 8 aromatic carbocycles. The third-order valence-electron chi connectivity index (χ3n) is 9.76. The highest BCUT2D eigenvalue weighted by atomic mass is 16.3. The van der Waals surface area contributed by atoms with Crippen LogP contribution >= 0.6 is 0 Å². The lowest BCUT2D eigenvalue weighted by Crippen LogP contribution is -2.10. The van der Waals surface area contributed by atoms with E-state index < -0.39 is 0 Å². The molecule has 0 fully saturated rings. The van der Waals surface area contributed by atoms with Gasteiger partial charge >= 0.3 is 0 Å². The van der Waals surface area contributed by atoms with Gasteiger partial charge in [0.25, 0.3) is 0 Å². The van der Waals surface area contributed by atoms with E-state index in [4.69, 9.17) is 4.42 Å². The van der Waals surface area contributed by atoms with E-state index >= 15 is 0 Å². The van der Waals surface area contributed by atoms with Crippen LogP contribution in [0.15, 0.2) is 186 Å². The number of hydrogen-bond donors (Lipinski definition) is 0. The van der Waals surface area contributed by atoms with Crippen LogP contribution in [0.3, 0.4) is 0 Å². The largest absolute Gasteiger partial charge is 0.456 e. The standard InChI is InChI=1S/C46H30N2O/c1-2-11-31(12-3-1)33-14-10-15-36(29-33)47(37-26-28-41-40-18-7-9-20-44(40)49-45(41)30-37)34-22-24-35(25-23-34)48-43-19-8-6-17-39(43)42-27-21-32-13-4-5-16-38(32)46(42)48/h1-30H. The summed E-state index contributed by atoms with van der Waals surface area (Å²) >= 11 is 0. The number of hydrogen-bond acceptors (Lipinski definition) is 2. The smallest absolute Gasteiger partial charge is 0.137 e. The van der Waals surface area contributed by atoms with Crippen molar-refractivity contribution < 1.29 is 4.42 Å². The van der Waals surface area contributed by atoms with Gasteiger partial charge in [-0.15, -0.1) is 0 Å². The molecule has 0 aliphatic heterocycles. The topological polar surface area (TPSA) is 21.3 Å². The predicted molar refractivity (Wildman–Crippen MR) is 206 cm³/mol. The maximum atomic E-state index is 6.36. The second-order valence-electron chi connectivity index (χ2n) is 12.6. The Balaban J connectivity index is 1.16. The summed E-state index contributed by atoms with van der Waals surface area (Å²) in [6.45, 7) is 0. The van der Waals surface area contributed by atoms with Gasteiger partial charge in [-0.3, -0.25) is 0 Å². The number of aromatic nitrogens is 1. The number of para-hydroxylation sites is 2. The SMILES string of the molecule is c1ccc(-c2cccc(N(c3ccc(-n4c5ccccc5c5ccc6ccccc6c54)cc3)c3ccc4c(c3)oc3ccccc34)c2)cc1. The number of furan rings is 1. The molecular weight excluding hydrogens is 597 g/mol. The second-order valence-corrected chi connectivity index (χ2v) is 12.6. The van der Waals surface area contributed by atoms with Crippen molar-refractivity contribution in [1.29, 1.82) is 0 Å². The lowest BCUT2D eigenvalue weighted by Gasteiger charge is -2.26. The van der Waals surface area contributed by atoms with E-state index in [2.05, 4.69) is 179 Å². The van der Waals surface area contributed by atoms with Gasteiger partial charge in [-0.05, 0) is 77.2 Å². The van der Waals surface area contributed by atoms with E-state index in [0.717, 1.165) is 44.7 Å². The van der Waals surface area contributed by atoms with Crippen LogP contribution in [0.2, 0.25) is 0 Å². The van der Waals surface area contributed by atoms with Crippen LogP contribution in [0, 0.1) is 0 Å². The van der Waals surface area contributed by atoms with Gasteiger partial charge in [-0.2, -0.15) is 0 Å². The summed E-state index contributed by atoms with van der Waals surface area (Å²) < 4.78 is 8.78. The number of fused-ring (bicyclic) bond motifs is 8. The van der Waals surface area contributed by atoms with E-state index in [1.54, 1.807) is 0 Å². The lowest BCUT2D eigenvalue weighted by atomic mass is 10.0. The van der Waals surface area contributed by atoms with Gasteiger partial charge in [0.2, 0.25) is 0 Å². The Kier molecular flexibility index (Phi) is 6.18. The quantitative estimate of drug-likeness (QED) is 0.190. The highest BCUT2D eigenvalue weighted by Gasteiger charge is 2.18. The maximum absolute atomic E-state index is 6.36.